The van der Waals surface area contributed by atoms with Gasteiger partial charge in [-0.15, -0.1) is 0 Å². The summed E-state index contributed by atoms with van der Waals surface area (Å²) in [6.07, 6.45) is -0.478. The number of nitrogens with one attached hydrogen (secondary N) is 1. The van der Waals surface area contributed by atoms with Gasteiger partial charge < -0.3 is 20.3 Å². The molecule has 0 bridgehead atoms. The number of phenolic OH excluding ortho intramolecular Hbond substituents is 1. The maximum absolute atomic E-state index is 9.52. The molecule has 1 aliphatic heterocycles. The number of benzene rings is 1. The quantitative estimate of drug-likeness (QED) is 0.676. The monoisotopic (exact) mass is 209 g/mol. The molecule has 0 unspecified atom stereocenters. The SMILES string of the molecule is Cc1ccc(N[C@@H]2COC[C@H]2O)cc1O. The fourth-order valence-electron chi connectivity index (χ4n) is 1.59. The second kappa shape index (κ2) is 4.08. The highest BCUT2D eigenvalue weighted by Crippen LogP contribution is 2.22. The molecule has 82 valence electrons. The molecule has 3 N–H and O–H groups in total. The maximum atomic E-state index is 9.52. The van der Waals surface area contributed by atoms with Crippen molar-refractivity contribution < 1.29 is 14.9 Å². The molecular weight excluding hydrogens is 194 g/mol. The highest BCUT2D eigenvalue weighted by atomic mass is 16.5. The van der Waals surface area contributed by atoms with Gasteiger partial charge in [0.2, 0.25) is 0 Å². The lowest BCUT2D eigenvalue weighted by Gasteiger charge is -2.16. The van der Waals surface area contributed by atoms with Crippen LogP contribution in [0.4, 0.5) is 5.69 Å². The molecule has 0 spiro atoms. The number of aryl methyl sites for hydroxylation is 1. The number of aromatic hydroxyl groups is 1. The van der Waals surface area contributed by atoms with Crippen LogP contribution in [0.1, 0.15) is 5.56 Å². The van der Waals surface area contributed by atoms with Crippen molar-refractivity contribution in [2.45, 2.75) is 19.1 Å². The molecule has 0 radical (unpaired) electrons. The van der Waals surface area contributed by atoms with E-state index in [1.165, 1.54) is 0 Å². The van der Waals surface area contributed by atoms with Crippen molar-refractivity contribution >= 4 is 5.69 Å². The van der Waals surface area contributed by atoms with Gasteiger partial charge in [-0.3, -0.25) is 0 Å². The number of anilines is 1. The van der Waals surface area contributed by atoms with Gasteiger partial charge in [-0.25, -0.2) is 0 Å². The van der Waals surface area contributed by atoms with Crippen LogP contribution in [0.5, 0.6) is 5.75 Å². The minimum atomic E-state index is -0.478. The second-order valence-corrected chi connectivity index (χ2v) is 3.86. The number of hydrogen-bond donors (Lipinski definition) is 3. The van der Waals surface area contributed by atoms with Crippen molar-refractivity contribution in [1.29, 1.82) is 0 Å². The van der Waals surface area contributed by atoms with E-state index in [9.17, 15) is 10.2 Å². The molecule has 0 aliphatic carbocycles. The predicted molar refractivity (Wildman–Crippen MR) is 57.1 cm³/mol. The number of rotatable bonds is 2. The van der Waals surface area contributed by atoms with Crippen molar-refractivity contribution in [3.8, 4) is 5.75 Å². The lowest BCUT2D eigenvalue weighted by atomic mass is 10.1. The molecule has 1 fully saturated rings. The standard InChI is InChI=1S/C11H15NO3/c1-7-2-3-8(4-10(7)13)12-9-5-15-6-11(9)14/h2-4,9,11-14H,5-6H2,1H3/t9-,11-/m1/s1. The van der Waals surface area contributed by atoms with E-state index in [0.29, 0.717) is 13.2 Å². The number of hydrogen-bond acceptors (Lipinski definition) is 4. The molecule has 4 heteroatoms. The largest absolute Gasteiger partial charge is 0.508 e. The Hall–Kier alpha value is -1.26. The Morgan fingerprint density at radius 3 is 2.80 bits per heavy atom. The van der Waals surface area contributed by atoms with E-state index < -0.39 is 6.10 Å². The zero-order valence-corrected chi connectivity index (χ0v) is 8.60. The van der Waals surface area contributed by atoms with Gasteiger partial charge in [0.15, 0.2) is 0 Å². The molecule has 0 saturated carbocycles. The highest BCUT2D eigenvalue weighted by Gasteiger charge is 2.25. The summed E-state index contributed by atoms with van der Waals surface area (Å²) in [7, 11) is 0. The Morgan fingerprint density at radius 1 is 1.40 bits per heavy atom. The summed E-state index contributed by atoms with van der Waals surface area (Å²) in [6.45, 7) is 2.71. The van der Waals surface area contributed by atoms with Crippen LogP contribution in [0.25, 0.3) is 0 Å². The van der Waals surface area contributed by atoms with Gasteiger partial charge in [0, 0.05) is 11.8 Å². The van der Waals surface area contributed by atoms with Crippen LogP contribution in [-0.2, 0) is 4.74 Å². The molecule has 2 atom stereocenters. The first-order valence-electron chi connectivity index (χ1n) is 4.99. The van der Waals surface area contributed by atoms with Gasteiger partial charge in [0.25, 0.3) is 0 Å². The zero-order valence-electron chi connectivity index (χ0n) is 8.60. The van der Waals surface area contributed by atoms with Gasteiger partial charge in [-0.2, -0.15) is 0 Å². The van der Waals surface area contributed by atoms with E-state index in [1.807, 2.05) is 19.1 Å². The Morgan fingerprint density at radius 2 is 2.20 bits per heavy atom. The maximum Gasteiger partial charge on any atom is 0.120 e. The first-order valence-corrected chi connectivity index (χ1v) is 4.99. The van der Waals surface area contributed by atoms with Crippen LogP contribution in [-0.4, -0.2) is 35.6 Å². The Bertz CT molecular complexity index is 354. The summed E-state index contributed by atoms with van der Waals surface area (Å²) in [5.41, 5.74) is 1.64. The third kappa shape index (κ3) is 2.22. The molecule has 15 heavy (non-hydrogen) atoms. The second-order valence-electron chi connectivity index (χ2n) is 3.86. The van der Waals surface area contributed by atoms with Gasteiger partial charge >= 0.3 is 0 Å². The van der Waals surface area contributed by atoms with Crippen molar-refractivity contribution in [3.05, 3.63) is 23.8 Å². The summed E-state index contributed by atoms with van der Waals surface area (Å²) in [5.74, 6) is 0.258. The van der Waals surface area contributed by atoms with E-state index in [-0.39, 0.29) is 11.8 Å². The minimum Gasteiger partial charge on any atom is -0.508 e. The number of aliphatic hydroxyl groups is 1. The van der Waals surface area contributed by atoms with Crippen LogP contribution in [0.15, 0.2) is 18.2 Å². The van der Waals surface area contributed by atoms with Gasteiger partial charge in [-0.05, 0) is 18.6 Å². The van der Waals surface area contributed by atoms with E-state index in [0.717, 1.165) is 11.3 Å². The topological polar surface area (TPSA) is 61.7 Å². The van der Waals surface area contributed by atoms with Gasteiger partial charge in [-0.1, -0.05) is 6.07 Å². The molecule has 1 heterocycles. The minimum absolute atomic E-state index is 0.0906. The fourth-order valence-corrected chi connectivity index (χ4v) is 1.59. The van der Waals surface area contributed by atoms with Crippen molar-refractivity contribution in [2.24, 2.45) is 0 Å². The molecule has 1 aliphatic rings. The van der Waals surface area contributed by atoms with Crippen LogP contribution in [0, 0.1) is 6.92 Å². The van der Waals surface area contributed by atoms with Crippen molar-refractivity contribution in [2.75, 3.05) is 18.5 Å². The highest BCUT2D eigenvalue weighted by molar-refractivity contribution is 5.51. The van der Waals surface area contributed by atoms with Crippen molar-refractivity contribution in [3.63, 3.8) is 0 Å². The third-order valence-electron chi connectivity index (χ3n) is 2.61. The normalized spacial score (nSPS) is 25.5. The van der Waals surface area contributed by atoms with Crippen molar-refractivity contribution in [1.82, 2.24) is 0 Å². The average molecular weight is 209 g/mol. The molecule has 1 saturated heterocycles. The fraction of sp³-hybridized carbons (Fsp3) is 0.455. The first kappa shape index (κ1) is 10.3. The summed E-state index contributed by atoms with van der Waals surface area (Å²) in [6, 6.07) is 5.27. The molecule has 0 amide bonds. The Labute approximate surface area is 88.5 Å². The zero-order chi connectivity index (χ0) is 10.8. The third-order valence-corrected chi connectivity index (χ3v) is 2.61. The smallest absolute Gasteiger partial charge is 0.120 e. The Balaban J connectivity index is 2.07. The Kier molecular flexibility index (Phi) is 2.79. The molecule has 0 aromatic heterocycles. The number of ether oxygens (including phenoxy) is 1. The first-order chi connectivity index (χ1) is 7.16. The molecule has 4 nitrogen and oxygen atoms in total. The average Bonchev–Trinajstić information content (AvgIpc) is 2.59. The lowest BCUT2D eigenvalue weighted by Crippen LogP contribution is -2.31. The predicted octanol–water partition coefficient (Wildman–Crippen LogP) is 0.872. The van der Waals surface area contributed by atoms with Crippen LogP contribution in [0.3, 0.4) is 0 Å². The molecule has 1 aromatic rings. The number of aliphatic hydroxyl groups excluding tert-OH is 1. The van der Waals surface area contributed by atoms with Crippen LogP contribution < -0.4 is 5.32 Å². The summed E-state index contributed by atoms with van der Waals surface area (Å²) in [4.78, 5) is 0. The van der Waals surface area contributed by atoms with E-state index in [2.05, 4.69) is 5.32 Å². The van der Waals surface area contributed by atoms with E-state index >= 15 is 0 Å². The molecular formula is C11H15NO3. The van der Waals surface area contributed by atoms with E-state index in [1.54, 1.807) is 6.07 Å². The summed E-state index contributed by atoms with van der Waals surface area (Å²) >= 11 is 0. The number of phenols is 1. The molecule has 1 aromatic carbocycles. The van der Waals surface area contributed by atoms with Gasteiger partial charge in [0.1, 0.15) is 5.75 Å². The van der Waals surface area contributed by atoms with Crippen LogP contribution in [0.2, 0.25) is 0 Å². The van der Waals surface area contributed by atoms with E-state index in [4.69, 9.17) is 4.74 Å². The molecule has 2 rings (SSSR count). The summed E-state index contributed by atoms with van der Waals surface area (Å²) in [5, 5.41) is 22.2. The van der Waals surface area contributed by atoms with Crippen LogP contribution >= 0.6 is 0 Å². The summed E-state index contributed by atoms with van der Waals surface area (Å²) < 4.78 is 5.12. The lowest BCUT2D eigenvalue weighted by molar-refractivity contribution is 0.125. The van der Waals surface area contributed by atoms with Gasteiger partial charge in [0.05, 0.1) is 25.4 Å².